The summed E-state index contributed by atoms with van der Waals surface area (Å²) in [6, 6.07) is 8.17. The number of aliphatic hydroxyl groups is 2. The molecule has 30 heavy (non-hydrogen) atoms. The second-order valence-electron chi connectivity index (χ2n) is 11.2. The minimum absolute atomic E-state index is 0.0108. The summed E-state index contributed by atoms with van der Waals surface area (Å²) < 4.78 is 5.29. The first-order valence-corrected chi connectivity index (χ1v) is 12.1. The zero-order valence-corrected chi connectivity index (χ0v) is 18.8. The van der Waals surface area contributed by atoms with Crippen LogP contribution in [-0.2, 0) is 0 Å². The molecule has 164 valence electrons. The third-order valence-corrected chi connectivity index (χ3v) is 9.98. The number of ether oxygens (including phenoxy) is 1. The zero-order chi connectivity index (χ0) is 21.1. The number of methoxy groups -OCH3 is 1. The molecule has 8 atom stereocenters. The number of fused-ring (bicyclic) bond motifs is 5. The Hall–Kier alpha value is -1.32. The van der Waals surface area contributed by atoms with E-state index < -0.39 is 0 Å². The third kappa shape index (κ3) is 3.07. The summed E-state index contributed by atoms with van der Waals surface area (Å²) in [5.74, 6) is 3.62. The van der Waals surface area contributed by atoms with Crippen LogP contribution >= 0.6 is 0 Å². The van der Waals surface area contributed by atoms with Gasteiger partial charge >= 0.3 is 0 Å². The summed E-state index contributed by atoms with van der Waals surface area (Å²) in [7, 11) is 1.69. The lowest BCUT2D eigenvalue weighted by Gasteiger charge is -2.60. The van der Waals surface area contributed by atoms with Gasteiger partial charge in [-0.25, -0.2) is 0 Å². The largest absolute Gasteiger partial charge is 0.497 e. The second kappa shape index (κ2) is 7.38. The Labute approximate surface area is 181 Å². The summed E-state index contributed by atoms with van der Waals surface area (Å²) in [5, 5.41) is 21.6. The molecule has 0 spiro atoms. The van der Waals surface area contributed by atoms with Gasteiger partial charge in [0.1, 0.15) is 5.75 Å². The van der Waals surface area contributed by atoms with Crippen molar-refractivity contribution in [3.8, 4) is 5.75 Å². The number of aliphatic hydroxyl groups excluding tert-OH is 2. The first-order valence-electron chi connectivity index (χ1n) is 12.1. The van der Waals surface area contributed by atoms with E-state index in [9.17, 15) is 10.2 Å². The summed E-state index contributed by atoms with van der Waals surface area (Å²) in [5.41, 5.74) is 2.77. The highest BCUT2D eigenvalue weighted by Crippen LogP contribution is 2.67. The van der Waals surface area contributed by atoms with E-state index in [2.05, 4.69) is 32.1 Å². The molecule has 0 heterocycles. The van der Waals surface area contributed by atoms with E-state index in [0.717, 1.165) is 48.8 Å². The van der Waals surface area contributed by atoms with Crippen LogP contribution in [0.4, 0.5) is 0 Å². The second-order valence-corrected chi connectivity index (χ2v) is 11.2. The molecule has 2 N–H and O–H groups in total. The number of rotatable bonds is 2. The topological polar surface area (TPSA) is 49.7 Å². The van der Waals surface area contributed by atoms with Gasteiger partial charge in [0.15, 0.2) is 0 Å². The maximum Gasteiger partial charge on any atom is 0.118 e. The van der Waals surface area contributed by atoms with Crippen LogP contribution in [0.3, 0.4) is 0 Å². The van der Waals surface area contributed by atoms with Crippen LogP contribution in [0.1, 0.15) is 70.8 Å². The molecule has 0 amide bonds. The summed E-state index contributed by atoms with van der Waals surface area (Å²) in [6.45, 7) is 4.88. The Bertz CT molecular complexity index is 814. The first kappa shape index (κ1) is 20.6. The molecule has 0 bridgehead atoms. The van der Waals surface area contributed by atoms with E-state index in [-0.39, 0.29) is 17.6 Å². The van der Waals surface area contributed by atoms with Gasteiger partial charge in [0, 0.05) is 5.41 Å². The first-order chi connectivity index (χ1) is 14.3. The van der Waals surface area contributed by atoms with Crippen molar-refractivity contribution < 1.29 is 14.9 Å². The predicted molar refractivity (Wildman–Crippen MR) is 120 cm³/mol. The average molecular weight is 411 g/mol. The highest BCUT2D eigenvalue weighted by molar-refractivity contribution is 5.56. The Morgan fingerprint density at radius 3 is 2.40 bits per heavy atom. The summed E-state index contributed by atoms with van der Waals surface area (Å²) in [4.78, 5) is 0. The van der Waals surface area contributed by atoms with E-state index in [1.54, 1.807) is 7.11 Å². The fourth-order valence-electron chi connectivity index (χ4n) is 8.15. The number of hydrogen-bond acceptors (Lipinski definition) is 3. The highest BCUT2D eigenvalue weighted by atomic mass is 16.5. The molecule has 4 aliphatic rings. The minimum atomic E-state index is -0.329. The van der Waals surface area contributed by atoms with Crippen LogP contribution in [0.5, 0.6) is 5.75 Å². The summed E-state index contributed by atoms with van der Waals surface area (Å²) in [6.07, 6.45) is 10.9. The molecule has 0 aromatic heterocycles. The van der Waals surface area contributed by atoms with E-state index in [0.29, 0.717) is 17.3 Å². The Kier molecular flexibility index (Phi) is 5.06. The van der Waals surface area contributed by atoms with Gasteiger partial charge in [0.2, 0.25) is 0 Å². The van der Waals surface area contributed by atoms with Gasteiger partial charge in [0.05, 0.1) is 19.3 Å². The Balaban J connectivity index is 1.41. The van der Waals surface area contributed by atoms with Crippen molar-refractivity contribution >= 4 is 6.08 Å². The van der Waals surface area contributed by atoms with E-state index in [1.807, 2.05) is 12.1 Å². The van der Waals surface area contributed by atoms with Crippen molar-refractivity contribution in [2.45, 2.75) is 77.4 Å². The van der Waals surface area contributed by atoms with Crippen LogP contribution < -0.4 is 4.74 Å². The fraction of sp³-hybridized carbons (Fsp3) is 0.704. The Morgan fingerprint density at radius 1 is 0.933 bits per heavy atom. The van der Waals surface area contributed by atoms with Gasteiger partial charge in [-0.3, -0.25) is 0 Å². The molecule has 0 aliphatic heterocycles. The SMILES string of the molecule is COc1ccc(/C=C2/C[C@@H]3[C@H]4CC[C@H]5C[C@@H](O)CC[C@]5(C)[C@@H]4CC[C@@]3(C)[C@@H]2O)cc1. The average Bonchev–Trinajstić information content (AvgIpc) is 3.00. The molecule has 1 aromatic carbocycles. The molecule has 1 aromatic rings. The van der Waals surface area contributed by atoms with Gasteiger partial charge in [-0.15, -0.1) is 0 Å². The van der Waals surface area contributed by atoms with Crippen molar-refractivity contribution in [2.75, 3.05) is 7.11 Å². The zero-order valence-electron chi connectivity index (χ0n) is 18.8. The van der Waals surface area contributed by atoms with Gasteiger partial charge < -0.3 is 14.9 Å². The van der Waals surface area contributed by atoms with Gasteiger partial charge in [0.25, 0.3) is 0 Å². The van der Waals surface area contributed by atoms with E-state index in [4.69, 9.17) is 4.74 Å². The fourth-order valence-corrected chi connectivity index (χ4v) is 8.15. The smallest absolute Gasteiger partial charge is 0.118 e. The van der Waals surface area contributed by atoms with E-state index >= 15 is 0 Å². The molecule has 4 aliphatic carbocycles. The van der Waals surface area contributed by atoms with Crippen LogP contribution in [0.2, 0.25) is 0 Å². The molecule has 4 saturated carbocycles. The van der Waals surface area contributed by atoms with Gasteiger partial charge in [-0.2, -0.15) is 0 Å². The molecular weight excluding hydrogens is 372 g/mol. The van der Waals surface area contributed by atoms with E-state index in [1.165, 1.54) is 31.3 Å². The van der Waals surface area contributed by atoms with Gasteiger partial charge in [-0.05, 0) is 104 Å². The normalized spacial score (nSPS) is 46.8. The third-order valence-electron chi connectivity index (χ3n) is 9.98. The molecule has 3 nitrogen and oxygen atoms in total. The molecule has 5 rings (SSSR count). The van der Waals surface area contributed by atoms with Crippen LogP contribution in [0.15, 0.2) is 29.8 Å². The lowest BCUT2D eigenvalue weighted by molar-refractivity contribution is -0.133. The van der Waals surface area contributed by atoms with Crippen LogP contribution in [-0.4, -0.2) is 29.5 Å². The maximum atomic E-state index is 11.4. The van der Waals surface area contributed by atoms with Crippen LogP contribution in [0.25, 0.3) is 6.08 Å². The standard InChI is InChI=1S/C27H38O3/c1-26-12-10-20(28)16-19(26)6-9-22-23(26)11-13-27(2)24(22)15-18(25(27)29)14-17-4-7-21(30-3)8-5-17/h4-5,7-8,14,19-20,22-25,28-29H,6,9-13,15-16H2,1-3H3/b18-14-/t19-,20-,22-,23+,24+,25+,26-,27+/m0/s1. The summed E-state index contributed by atoms with van der Waals surface area (Å²) >= 11 is 0. The van der Waals surface area contributed by atoms with Crippen molar-refractivity contribution in [3.63, 3.8) is 0 Å². The van der Waals surface area contributed by atoms with Crippen molar-refractivity contribution in [1.29, 1.82) is 0 Å². The highest BCUT2D eigenvalue weighted by Gasteiger charge is 2.61. The number of benzene rings is 1. The lowest BCUT2D eigenvalue weighted by Crippen LogP contribution is -2.54. The minimum Gasteiger partial charge on any atom is -0.497 e. The predicted octanol–water partition coefficient (Wildman–Crippen LogP) is 5.45. The lowest BCUT2D eigenvalue weighted by atomic mass is 9.45. The Morgan fingerprint density at radius 2 is 1.67 bits per heavy atom. The van der Waals surface area contributed by atoms with Gasteiger partial charge in [-0.1, -0.05) is 32.1 Å². The van der Waals surface area contributed by atoms with Crippen molar-refractivity contribution in [3.05, 3.63) is 35.4 Å². The molecule has 0 unspecified atom stereocenters. The monoisotopic (exact) mass is 410 g/mol. The molecular formula is C27H38O3. The number of hydrogen-bond donors (Lipinski definition) is 2. The van der Waals surface area contributed by atoms with Crippen molar-refractivity contribution in [2.24, 2.45) is 34.5 Å². The van der Waals surface area contributed by atoms with Crippen molar-refractivity contribution in [1.82, 2.24) is 0 Å². The van der Waals surface area contributed by atoms with Crippen LogP contribution in [0, 0.1) is 34.5 Å². The quantitative estimate of drug-likeness (QED) is 0.681. The molecule has 0 saturated heterocycles. The molecule has 3 heteroatoms. The maximum absolute atomic E-state index is 11.4. The molecule has 4 fully saturated rings. The molecule has 0 radical (unpaired) electrons.